The molecule has 1 aromatic carbocycles. The quantitative estimate of drug-likeness (QED) is 0.790. The topological polar surface area (TPSA) is 12.0 Å². The van der Waals surface area contributed by atoms with Gasteiger partial charge in [0.2, 0.25) is 0 Å². The van der Waals surface area contributed by atoms with E-state index in [4.69, 9.17) is 0 Å². The van der Waals surface area contributed by atoms with Crippen molar-refractivity contribution in [1.29, 1.82) is 0 Å². The van der Waals surface area contributed by atoms with Gasteiger partial charge in [-0.2, -0.15) is 0 Å². The predicted molar refractivity (Wildman–Crippen MR) is 66.6 cm³/mol. The number of nitrogens with one attached hydrogen (secondary N) is 1. The Bertz CT molecular complexity index is 341. The van der Waals surface area contributed by atoms with Crippen LogP contribution >= 0.6 is 0 Å². The summed E-state index contributed by atoms with van der Waals surface area (Å²) in [5.41, 5.74) is 6.00. The van der Waals surface area contributed by atoms with Crippen molar-refractivity contribution in [1.82, 2.24) is 0 Å². The van der Waals surface area contributed by atoms with Crippen LogP contribution in [-0.2, 0) is 12.8 Å². The first-order valence-electron chi connectivity index (χ1n) is 6.18. The smallest absolute Gasteiger partial charge is 0.0407 e. The number of fused-ring (bicyclic) bond motifs is 1. The largest absolute Gasteiger partial charge is 0.385 e. The molecule has 0 aliphatic carbocycles. The highest BCUT2D eigenvalue weighted by Gasteiger charge is 2.14. The molecule has 1 heterocycles. The van der Waals surface area contributed by atoms with Crippen molar-refractivity contribution in [2.45, 2.75) is 46.0 Å². The van der Waals surface area contributed by atoms with Crippen molar-refractivity contribution in [2.24, 2.45) is 0 Å². The summed E-state index contributed by atoms with van der Waals surface area (Å²) in [5.74, 6) is 0. The molecule has 82 valence electrons. The summed E-state index contributed by atoms with van der Waals surface area (Å²) in [6.45, 7) is 5.64. The molecular weight excluding hydrogens is 182 g/mol. The Morgan fingerprint density at radius 3 is 3.00 bits per heavy atom. The second-order valence-electron chi connectivity index (χ2n) is 4.53. The lowest BCUT2D eigenvalue weighted by Crippen LogP contribution is -2.15. The second kappa shape index (κ2) is 4.69. The van der Waals surface area contributed by atoms with Gasteiger partial charge in [-0.15, -0.1) is 0 Å². The molecule has 0 spiro atoms. The minimum Gasteiger partial charge on any atom is -0.385 e. The molecular formula is C14H21N. The molecule has 1 aromatic rings. The van der Waals surface area contributed by atoms with Crippen molar-refractivity contribution in [3.8, 4) is 0 Å². The Morgan fingerprint density at radius 1 is 1.33 bits per heavy atom. The standard InChI is InChI=1S/C14H21N/c1-3-4-6-12-9-8-11(2)13-7-5-10-15-14(12)13/h8-9,15H,3-7,10H2,1-2H3. The number of hydrogen-bond acceptors (Lipinski definition) is 1. The van der Waals surface area contributed by atoms with Crippen molar-refractivity contribution in [3.63, 3.8) is 0 Å². The van der Waals surface area contributed by atoms with Crippen LogP contribution in [-0.4, -0.2) is 6.54 Å². The van der Waals surface area contributed by atoms with Crippen LogP contribution in [0.5, 0.6) is 0 Å². The fraction of sp³-hybridized carbons (Fsp3) is 0.571. The van der Waals surface area contributed by atoms with Crippen molar-refractivity contribution < 1.29 is 0 Å². The maximum atomic E-state index is 3.58. The molecule has 0 aromatic heterocycles. The van der Waals surface area contributed by atoms with E-state index >= 15 is 0 Å². The summed E-state index contributed by atoms with van der Waals surface area (Å²) in [6.07, 6.45) is 6.35. The van der Waals surface area contributed by atoms with Gasteiger partial charge in [-0.25, -0.2) is 0 Å². The highest BCUT2D eigenvalue weighted by atomic mass is 14.9. The Kier molecular flexibility index (Phi) is 3.30. The van der Waals surface area contributed by atoms with Crippen LogP contribution in [0.4, 0.5) is 5.69 Å². The number of aryl methyl sites for hydroxylation is 2. The van der Waals surface area contributed by atoms with E-state index in [0.717, 1.165) is 6.54 Å². The van der Waals surface area contributed by atoms with Gasteiger partial charge in [0, 0.05) is 12.2 Å². The van der Waals surface area contributed by atoms with Gasteiger partial charge < -0.3 is 5.32 Å². The number of hydrogen-bond donors (Lipinski definition) is 1. The molecule has 0 bridgehead atoms. The maximum Gasteiger partial charge on any atom is 0.0407 e. The van der Waals surface area contributed by atoms with Crippen LogP contribution in [0, 0.1) is 6.92 Å². The van der Waals surface area contributed by atoms with E-state index in [1.54, 1.807) is 5.56 Å². The third kappa shape index (κ3) is 2.17. The molecule has 0 atom stereocenters. The van der Waals surface area contributed by atoms with Gasteiger partial charge in [-0.1, -0.05) is 25.5 Å². The highest BCUT2D eigenvalue weighted by Crippen LogP contribution is 2.29. The van der Waals surface area contributed by atoms with E-state index in [9.17, 15) is 0 Å². The van der Waals surface area contributed by atoms with Crippen molar-refractivity contribution >= 4 is 5.69 Å². The van der Waals surface area contributed by atoms with E-state index in [2.05, 4.69) is 31.3 Å². The summed E-state index contributed by atoms with van der Waals surface area (Å²) in [4.78, 5) is 0. The van der Waals surface area contributed by atoms with Gasteiger partial charge in [0.1, 0.15) is 0 Å². The molecule has 1 aliphatic rings. The number of anilines is 1. The van der Waals surface area contributed by atoms with Gasteiger partial charge in [-0.05, 0) is 49.3 Å². The molecule has 0 unspecified atom stereocenters. The van der Waals surface area contributed by atoms with E-state index in [0.29, 0.717) is 0 Å². The summed E-state index contributed by atoms with van der Waals surface area (Å²) in [7, 11) is 0. The molecule has 0 saturated heterocycles. The van der Waals surface area contributed by atoms with Crippen LogP contribution in [0.2, 0.25) is 0 Å². The summed E-state index contributed by atoms with van der Waals surface area (Å²) in [6, 6.07) is 4.60. The van der Waals surface area contributed by atoms with Gasteiger partial charge >= 0.3 is 0 Å². The van der Waals surface area contributed by atoms with Crippen molar-refractivity contribution in [2.75, 3.05) is 11.9 Å². The highest BCUT2D eigenvalue weighted by molar-refractivity contribution is 5.61. The number of unbranched alkanes of at least 4 members (excludes halogenated alkanes) is 1. The Labute approximate surface area is 92.9 Å². The van der Waals surface area contributed by atoms with Crippen LogP contribution in [0.1, 0.15) is 42.9 Å². The second-order valence-corrected chi connectivity index (χ2v) is 4.53. The first kappa shape index (κ1) is 10.5. The average Bonchev–Trinajstić information content (AvgIpc) is 2.29. The number of benzene rings is 1. The van der Waals surface area contributed by atoms with Gasteiger partial charge in [0.25, 0.3) is 0 Å². The Hall–Kier alpha value is -0.980. The molecule has 15 heavy (non-hydrogen) atoms. The van der Waals surface area contributed by atoms with Crippen LogP contribution in [0.15, 0.2) is 12.1 Å². The summed E-state index contributed by atoms with van der Waals surface area (Å²) >= 11 is 0. The van der Waals surface area contributed by atoms with Crippen LogP contribution < -0.4 is 5.32 Å². The third-order valence-electron chi connectivity index (χ3n) is 3.34. The Morgan fingerprint density at radius 2 is 2.20 bits per heavy atom. The molecule has 1 heteroatoms. The number of rotatable bonds is 3. The lowest BCUT2D eigenvalue weighted by molar-refractivity contribution is 0.778. The van der Waals surface area contributed by atoms with Gasteiger partial charge in [0.15, 0.2) is 0 Å². The molecule has 0 saturated carbocycles. The Balaban J connectivity index is 2.30. The maximum absolute atomic E-state index is 3.58. The van der Waals surface area contributed by atoms with E-state index in [-0.39, 0.29) is 0 Å². The molecule has 0 fully saturated rings. The zero-order valence-corrected chi connectivity index (χ0v) is 9.90. The first-order valence-corrected chi connectivity index (χ1v) is 6.18. The minimum absolute atomic E-state index is 1.15. The fourth-order valence-corrected chi connectivity index (χ4v) is 2.40. The minimum atomic E-state index is 1.15. The molecule has 1 aliphatic heterocycles. The summed E-state index contributed by atoms with van der Waals surface area (Å²) in [5, 5.41) is 3.58. The molecule has 0 amide bonds. The molecule has 1 nitrogen and oxygen atoms in total. The average molecular weight is 203 g/mol. The predicted octanol–water partition coefficient (Wildman–Crippen LogP) is 3.70. The lowest BCUT2D eigenvalue weighted by Gasteiger charge is -2.23. The van der Waals surface area contributed by atoms with Gasteiger partial charge in [0.05, 0.1) is 0 Å². The van der Waals surface area contributed by atoms with Crippen LogP contribution in [0.25, 0.3) is 0 Å². The van der Waals surface area contributed by atoms with E-state index in [1.165, 1.54) is 48.9 Å². The lowest BCUT2D eigenvalue weighted by atomic mass is 9.93. The van der Waals surface area contributed by atoms with E-state index in [1.807, 2.05) is 0 Å². The van der Waals surface area contributed by atoms with Crippen molar-refractivity contribution in [3.05, 3.63) is 28.8 Å². The van der Waals surface area contributed by atoms with Gasteiger partial charge in [-0.3, -0.25) is 0 Å². The van der Waals surface area contributed by atoms with E-state index < -0.39 is 0 Å². The SMILES string of the molecule is CCCCc1ccc(C)c2c1NCCC2. The summed E-state index contributed by atoms with van der Waals surface area (Å²) < 4.78 is 0. The normalized spacial score (nSPS) is 14.5. The molecule has 2 rings (SSSR count). The zero-order valence-electron chi connectivity index (χ0n) is 9.90. The molecule has 1 N–H and O–H groups in total. The zero-order chi connectivity index (χ0) is 10.7. The van der Waals surface area contributed by atoms with Crippen LogP contribution in [0.3, 0.4) is 0 Å². The monoisotopic (exact) mass is 203 g/mol. The third-order valence-corrected chi connectivity index (χ3v) is 3.34. The molecule has 0 radical (unpaired) electrons. The fourth-order valence-electron chi connectivity index (χ4n) is 2.40. The first-order chi connectivity index (χ1) is 7.33.